The first kappa shape index (κ1) is 24.7. The van der Waals surface area contributed by atoms with Crippen molar-refractivity contribution in [3.8, 4) is 0 Å². The molecule has 3 aromatic heterocycles. The molecule has 0 atom stereocenters. The summed E-state index contributed by atoms with van der Waals surface area (Å²) in [7, 11) is 0. The average molecular weight is 538 g/mol. The maximum absolute atomic E-state index is 13.1. The van der Waals surface area contributed by atoms with Gasteiger partial charge in [0.15, 0.2) is 11.3 Å². The SMILES string of the molecule is O=C(NCC1CC1)NC1CCC(Nc2cc(NC3CC3)c3ncc(C(=O)Nc4ccnc(Cl)c4)n3n2)CC1. The molecule has 3 aliphatic rings. The van der Waals surface area contributed by atoms with Gasteiger partial charge in [-0.15, -0.1) is 5.10 Å². The second-order valence-corrected chi connectivity index (χ2v) is 10.9. The smallest absolute Gasteiger partial charge is 0.315 e. The fraction of sp³-hybridized carbons (Fsp3) is 0.500. The number of nitrogens with one attached hydrogen (secondary N) is 5. The van der Waals surface area contributed by atoms with Crippen molar-refractivity contribution >= 4 is 46.4 Å². The van der Waals surface area contributed by atoms with Crippen LogP contribution >= 0.6 is 11.6 Å². The predicted molar refractivity (Wildman–Crippen MR) is 146 cm³/mol. The normalized spacial score (nSPS) is 21.1. The van der Waals surface area contributed by atoms with E-state index in [2.05, 4.69) is 36.6 Å². The van der Waals surface area contributed by atoms with E-state index in [-0.39, 0.29) is 24.0 Å². The Kier molecular flexibility index (Phi) is 6.92. The number of hydrogen-bond acceptors (Lipinski definition) is 7. The van der Waals surface area contributed by atoms with Crippen molar-refractivity contribution in [3.63, 3.8) is 0 Å². The Labute approximate surface area is 225 Å². The number of fused-ring (bicyclic) bond motifs is 1. The van der Waals surface area contributed by atoms with Gasteiger partial charge in [-0.1, -0.05) is 11.6 Å². The zero-order valence-corrected chi connectivity index (χ0v) is 21.8. The minimum absolute atomic E-state index is 0.0591. The zero-order valence-electron chi connectivity index (χ0n) is 21.0. The second-order valence-electron chi connectivity index (χ2n) is 10.6. The van der Waals surface area contributed by atoms with Gasteiger partial charge in [-0.3, -0.25) is 4.79 Å². The summed E-state index contributed by atoms with van der Waals surface area (Å²) in [6.07, 6.45) is 11.4. The Morgan fingerprint density at radius 2 is 1.68 bits per heavy atom. The molecular weight excluding hydrogens is 506 g/mol. The molecule has 0 spiro atoms. The van der Waals surface area contributed by atoms with E-state index < -0.39 is 0 Å². The van der Waals surface area contributed by atoms with Gasteiger partial charge in [-0.2, -0.15) is 0 Å². The van der Waals surface area contributed by atoms with Crippen molar-refractivity contribution < 1.29 is 9.59 Å². The molecule has 0 aliphatic heterocycles. The third-order valence-electron chi connectivity index (χ3n) is 7.28. The van der Waals surface area contributed by atoms with Crippen LogP contribution in [0.25, 0.3) is 5.65 Å². The molecule has 0 saturated heterocycles. The van der Waals surface area contributed by atoms with Gasteiger partial charge in [0, 0.05) is 42.6 Å². The molecule has 0 bridgehead atoms. The Morgan fingerprint density at radius 3 is 2.42 bits per heavy atom. The van der Waals surface area contributed by atoms with E-state index in [1.54, 1.807) is 16.6 Å². The van der Waals surface area contributed by atoms with E-state index >= 15 is 0 Å². The lowest BCUT2D eigenvalue weighted by atomic mass is 9.91. The van der Waals surface area contributed by atoms with Crippen LogP contribution in [0.2, 0.25) is 5.15 Å². The summed E-state index contributed by atoms with van der Waals surface area (Å²) in [6, 6.07) is 5.99. The monoisotopic (exact) mass is 537 g/mol. The van der Waals surface area contributed by atoms with Crippen LogP contribution in [0.4, 0.5) is 22.0 Å². The Balaban J connectivity index is 1.14. The molecule has 38 heavy (non-hydrogen) atoms. The lowest BCUT2D eigenvalue weighted by Gasteiger charge is -2.30. The van der Waals surface area contributed by atoms with Gasteiger partial charge in [0.25, 0.3) is 5.91 Å². The molecule has 0 unspecified atom stereocenters. The zero-order chi connectivity index (χ0) is 26.1. The number of urea groups is 1. The van der Waals surface area contributed by atoms with Gasteiger partial charge in [-0.05, 0) is 69.4 Å². The Hall–Kier alpha value is -3.60. The number of carbonyl (C=O) groups is 2. The molecule has 3 fully saturated rings. The average Bonchev–Trinajstić information content (AvgIpc) is 3.83. The molecule has 200 valence electrons. The number of anilines is 3. The van der Waals surface area contributed by atoms with Crippen LogP contribution in [0.5, 0.6) is 0 Å². The summed E-state index contributed by atoms with van der Waals surface area (Å²) in [4.78, 5) is 33.7. The van der Waals surface area contributed by atoms with Crippen LogP contribution in [0.1, 0.15) is 61.9 Å². The van der Waals surface area contributed by atoms with Crippen molar-refractivity contribution in [2.24, 2.45) is 5.92 Å². The summed E-state index contributed by atoms with van der Waals surface area (Å²) in [5, 5.41) is 21.1. The minimum Gasteiger partial charge on any atom is -0.379 e. The highest BCUT2D eigenvalue weighted by molar-refractivity contribution is 6.29. The van der Waals surface area contributed by atoms with Gasteiger partial charge in [0.05, 0.1) is 11.9 Å². The van der Waals surface area contributed by atoms with Crippen LogP contribution in [-0.4, -0.2) is 56.2 Å². The summed E-state index contributed by atoms with van der Waals surface area (Å²) in [5.74, 6) is 1.01. The highest BCUT2D eigenvalue weighted by Gasteiger charge is 2.27. The molecule has 11 nitrogen and oxygen atoms in total. The van der Waals surface area contributed by atoms with Crippen LogP contribution < -0.4 is 26.6 Å². The quantitative estimate of drug-likeness (QED) is 0.260. The number of halogens is 1. The maximum Gasteiger partial charge on any atom is 0.315 e. The van der Waals surface area contributed by atoms with Crippen molar-refractivity contribution in [1.29, 1.82) is 0 Å². The number of nitrogens with zero attached hydrogens (tertiary/aromatic N) is 4. The summed E-state index contributed by atoms with van der Waals surface area (Å²) >= 11 is 5.97. The van der Waals surface area contributed by atoms with Crippen molar-refractivity contribution in [2.45, 2.75) is 69.5 Å². The number of imidazole rings is 1. The van der Waals surface area contributed by atoms with E-state index in [9.17, 15) is 9.59 Å². The number of amides is 3. The standard InChI is InChI=1S/C26H32ClN9O2/c27-22-11-19(9-10-28-22)33-25(37)21-14-29-24-20(31-16-3-4-16)12-23(35-36(21)24)32-17-5-7-18(8-6-17)34-26(38)30-13-15-1-2-15/h9-12,14-18,31H,1-8,13H2,(H,32,35)(H,28,33,37)(H2,30,34,38). The summed E-state index contributed by atoms with van der Waals surface area (Å²) in [5.41, 5.74) is 2.31. The van der Waals surface area contributed by atoms with Crippen molar-refractivity contribution in [2.75, 3.05) is 22.5 Å². The fourth-order valence-electron chi connectivity index (χ4n) is 4.81. The number of carbonyl (C=O) groups excluding carboxylic acids is 2. The lowest BCUT2D eigenvalue weighted by molar-refractivity contribution is 0.102. The second kappa shape index (κ2) is 10.6. The third kappa shape index (κ3) is 6.09. The van der Waals surface area contributed by atoms with Gasteiger partial charge in [0.1, 0.15) is 11.0 Å². The van der Waals surface area contributed by atoms with E-state index in [0.29, 0.717) is 40.0 Å². The molecule has 0 radical (unpaired) electrons. The number of hydrogen-bond donors (Lipinski definition) is 5. The Morgan fingerprint density at radius 1 is 0.947 bits per heavy atom. The summed E-state index contributed by atoms with van der Waals surface area (Å²) in [6.45, 7) is 0.776. The first-order chi connectivity index (χ1) is 18.5. The topological polar surface area (TPSA) is 137 Å². The molecule has 3 heterocycles. The van der Waals surface area contributed by atoms with Gasteiger partial charge < -0.3 is 26.6 Å². The molecule has 6 rings (SSSR count). The molecule has 3 saturated carbocycles. The first-order valence-corrected chi connectivity index (χ1v) is 13.8. The van der Waals surface area contributed by atoms with Crippen LogP contribution in [0.3, 0.4) is 0 Å². The number of rotatable bonds is 9. The molecule has 0 aromatic carbocycles. The lowest BCUT2D eigenvalue weighted by Crippen LogP contribution is -2.45. The molecule has 3 aliphatic carbocycles. The molecular formula is C26H32ClN9O2. The van der Waals surface area contributed by atoms with Crippen molar-refractivity contribution in [1.82, 2.24) is 30.2 Å². The number of pyridine rings is 1. The first-order valence-electron chi connectivity index (χ1n) is 13.4. The van der Waals surface area contributed by atoms with Gasteiger partial charge in [0.2, 0.25) is 0 Å². The van der Waals surface area contributed by atoms with E-state index in [0.717, 1.165) is 50.8 Å². The highest BCUT2D eigenvalue weighted by atomic mass is 35.5. The van der Waals surface area contributed by atoms with E-state index in [4.69, 9.17) is 16.7 Å². The van der Waals surface area contributed by atoms with E-state index in [1.165, 1.54) is 25.2 Å². The van der Waals surface area contributed by atoms with E-state index in [1.807, 2.05) is 6.07 Å². The summed E-state index contributed by atoms with van der Waals surface area (Å²) < 4.78 is 1.59. The number of aromatic nitrogens is 4. The Bertz CT molecular complexity index is 1330. The highest BCUT2D eigenvalue weighted by Crippen LogP contribution is 2.30. The van der Waals surface area contributed by atoms with Crippen LogP contribution in [-0.2, 0) is 0 Å². The van der Waals surface area contributed by atoms with Crippen molar-refractivity contribution in [3.05, 3.63) is 41.4 Å². The molecule has 12 heteroatoms. The van der Waals surface area contributed by atoms with Crippen LogP contribution in [0, 0.1) is 5.92 Å². The van der Waals surface area contributed by atoms with Gasteiger partial charge >= 0.3 is 6.03 Å². The molecule has 3 aromatic rings. The minimum atomic E-state index is -0.340. The fourth-order valence-corrected chi connectivity index (χ4v) is 4.98. The molecule has 5 N–H and O–H groups in total. The van der Waals surface area contributed by atoms with Crippen LogP contribution in [0.15, 0.2) is 30.6 Å². The maximum atomic E-state index is 13.1. The van der Waals surface area contributed by atoms with Gasteiger partial charge in [-0.25, -0.2) is 19.3 Å². The third-order valence-corrected chi connectivity index (χ3v) is 7.49. The predicted octanol–water partition coefficient (Wildman–Crippen LogP) is 4.04. The molecule has 3 amide bonds. The largest absolute Gasteiger partial charge is 0.379 e.